The molecule has 5 rings (SSSR count). The van der Waals surface area contributed by atoms with Crippen LogP contribution in [0.2, 0.25) is 0 Å². The lowest BCUT2D eigenvalue weighted by Gasteiger charge is -2.37. The van der Waals surface area contributed by atoms with Crippen molar-refractivity contribution < 1.29 is 0 Å². The van der Waals surface area contributed by atoms with Crippen LogP contribution < -0.4 is 4.90 Å². The lowest BCUT2D eigenvalue weighted by atomic mass is 10.1. The molecule has 7 heteroatoms. The zero-order chi connectivity index (χ0) is 21.4. The monoisotopic (exact) mass is 413 g/mol. The number of fused-ring (bicyclic) bond motifs is 1. The summed E-state index contributed by atoms with van der Waals surface area (Å²) in [4.78, 5) is 18.4. The van der Waals surface area contributed by atoms with Gasteiger partial charge in [0.05, 0.1) is 5.69 Å². The van der Waals surface area contributed by atoms with Crippen molar-refractivity contribution >= 4 is 11.5 Å². The van der Waals surface area contributed by atoms with Gasteiger partial charge in [-0.15, -0.1) is 5.10 Å². The highest BCUT2D eigenvalue weighted by Gasteiger charge is 2.22. The van der Waals surface area contributed by atoms with Gasteiger partial charge in [0.2, 0.25) is 0 Å². The Hall–Kier alpha value is -3.32. The molecule has 0 spiro atoms. The predicted octanol–water partition coefficient (Wildman–Crippen LogP) is 3.69. The Kier molecular flexibility index (Phi) is 5.11. The summed E-state index contributed by atoms with van der Waals surface area (Å²) in [5, 5.41) is 5.05. The van der Waals surface area contributed by atoms with E-state index in [9.17, 15) is 0 Å². The van der Waals surface area contributed by atoms with E-state index in [0.717, 1.165) is 65.9 Å². The topological polar surface area (TPSA) is 62.5 Å². The summed E-state index contributed by atoms with van der Waals surface area (Å²) in [5.41, 5.74) is 5.77. The molecule has 7 nitrogen and oxygen atoms in total. The van der Waals surface area contributed by atoms with Crippen molar-refractivity contribution in [2.24, 2.45) is 0 Å². The Morgan fingerprint density at radius 1 is 0.871 bits per heavy atom. The molecule has 5 heterocycles. The SMILES string of the molecule is Cc1cc(-c2c(-c3ccncc3)nc3ccc(N4CCN(C(C)C)CC4)nn23)ccn1. The van der Waals surface area contributed by atoms with Crippen molar-refractivity contribution in [3.8, 4) is 22.5 Å². The maximum Gasteiger partial charge on any atom is 0.155 e. The zero-order valence-corrected chi connectivity index (χ0v) is 18.2. The Morgan fingerprint density at radius 3 is 2.32 bits per heavy atom. The Bertz CT molecular complexity index is 1190. The van der Waals surface area contributed by atoms with Gasteiger partial charge in [-0.05, 0) is 57.2 Å². The molecule has 1 aliphatic heterocycles. The van der Waals surface area contributed by atoms with Crippen LogP contribution in [0.3, 0.4) is 0 Å². The summed E-state index contributed by atoms with van der Waals surface area (Å²) in [6.07, 6.45) is 5.44. The van der Waals surface area contributed by atoms with E-state index in [1.807, 2.05) is 35.8 Å². The van der Waals surface area contributed by atoms with Crippen LogP contribution in [0.5, 0.6) is 0 Å². The first-order chi connectivity index (χ1) is 15.1. The molecule has 0 unspecified atom stereocenters. The number of nitrogens with zero attached hydrogens (tertiary/aromatic N) is 7. The molecule has 1 aliphatic rings. The Labute approximate surface area is 182 Å². The lowest BCUT2D eigenvalue weighted by molar-refractivity contribution is 0.209. The van der Waals surface area contributed by atoms with Crippen LogP contribution >= 0.6 is 0 Å². The molecule has 4 aromatic rings. The van der Waals surface area contributed by atoms with Gasteiger partial charge < -0.3 is 4.90 Å². The zero-order valence-electron chi connectivity index (χ0n) is 18.2. The van der Waals surface area contributed by atoms with E-state index in [1.165, 1.54) is 0 Å². The van der Waals surface area contributed by atoms with Crippen molar-refractivity contribution in [1.82, 2.24) is 29.5 Å². The number of piperazine rings is 1. The van der Waals surface area contributed by atoms with Gasteiger partial charge in [0.15, 0.2) is 5.65 Å². The van der Waals surface area contributed by atoms with E-state index in [1.54, 1.807) is 12.4 Å². The van der Waals surface area contributed by atoms with Crippen molar-refractivity contribution in [3.63, 3.8) is 0 Å². The second kappa shape index (κ2) is 8.07. The van der Waals surface area contributed by atoms with Gasteiger partial charge in [-0.1, -0.05) is 0 Å². The smallest absolute Gasteiger partial charge is 0.155 e. The van der Waals surface area contributed by atoms with Crippen molar-refractivity contribution in [1.29, 1.82) is 0 Å². The number of rotatable bonds is 4. The van der Waals surface area contributed by atoms with Gasteiger partial charge in [0.1, 0.15) is 11.5 Å². The summed E-state index contributed by atoms with van der Waals surface area (Å²) in [6.45, 7) is 10.6. The van der Waals surface area contributed by atoms with Gasteiger partial charge in [-0.25, -0.2) is 9.50 Å². The summed E-state index contributed by atoms with van der Waals surface area (Å²) in [6, 6.07) is 12.8. The average Bonchev–Trinajstić information content (AvgIpc) is 3.18. The average molecular weight is 414 g/mol. The summed E-state index contributed by atoms with van der Waals surface area (Å²) in [5.74, 6) is 0.988. The number of anilines is 1. The number of imidazole rings is 1. The first kappa shape index (κ1) is 19.6. The standard InChI is InChI=1S/C24H27N7/c1-17(2)29-12-14-30(15-13-29)22-5-4-21-27-23(19-6-9-25-10-7-19)24(31(21)28-22)20-8-11-26-18(3)16-20/h4-11,16-17H,12-15H2,1-3H3. The number of aryl methyl sites for hydroxylation is 1. The summed E-state index contributed by atoms with van der Waals surface area (Å²) < 4.78 is 1.98. The molecule has 0 aliphatic carbocycles. The minimum Gasteiger partial charge on any atom is -0.353 e. The molecule has 4 aromatic heterocycles. The van der Waals surface area contributed by atoms with Gasteiger partial charge in [-0.3, -0.25) is 14.9 Å². The highest BCUT2D eigenvalue weighted by molar-refractivity contribution is 5.81. The maximum atomic E-state index is 5.05. The molecule has 0 bridgehead atoms. The third-order valence-electron chi connectivity index (χ3n) is 5.96. The molecule has 0 N–H and O–H groups in total. The fourth-order valence-electron chi connectivity index (χ4n) is 4.22. The second-order valence-corrected chi connectivity index (χ2v) is 8.31. The fourth-order valence-corrected chi connectivity index (χ4v) is 4.22. The van der Waals surface area contributed by atoms with E-state index >= 15 is 0 Å². The molecule has 1 fully saturated rings. The first-order valence-corrected chi connectivity index (χ1v) is 10.8. The largest absolute Gasteiger partial charge is 0.353 e. The first-order valence-electron chi connectivity index (χ1n) is 10.8. The number of hydrogen-bond acceptors (Lipinski definition) is 6. The molecule has 0 aromatic carbocycles. The maximum absolute atomic E-state index is 5.05. The van der Waals surface area contributed by atoms with E-state index in [4.69, 9.17) is 10.1 Å². The van der Waals surface area contributed by atoms with Gasteiger partial charge >= 0.3 is 0 Å². The van der Waals surface area contributed by atoms with E-state index in [0.29, 0.717) is 6.04 Å². The van der Waals surface area contributed by atoms with Crippen LogP contribution in [0.15, 0.2) is 55.0 Å². The number of pyridine rings is 2. The van der Waals surface area contributed by atoms with Crippen molar-refractivity contribution in [2.75, 3.05) is 31.1 Å². The number of hydrogen-bond donors (Lipinski definition) is 0. The van der Waals surface area contributed by atoms with Gasteiger partial charge in [-0.2, -0.15) is 0 Å². The second-order valence-electron chi connectivity index (χ2n) is 8.31. The van der Waals surface area contributed by atoms with E-state index in [2.05, 4.69) is 51.8 Å². The van der Waals surface area contributed by atoms with Crippen LogP contribution in [-0.2, 0) is 0 Å². The Morgan fingerprint density at radius 2 is 1.61 bits per heavy atom. The van der Waals surface area contributed by atoms with Crippen LogP contribution in [0, 0.1) is 6.92 Å². The molecule has 1 saturated heterocycles. The molecule has 0 radical (unpaired) electrons. The molecule has 0 saturated carbocycles. The predicted molar refractivity (Wildman–Crippen MR) is 123 cm³/mol. The summed E-state index contributed by atoms with van der Waals surface area (Å²) >= 11 is 0. The van der Waals surface area contributed by atoms with Crippen LogP contribution in [0.25, 0.3) is 28.2 Å². The molecule has 0 atom stereocenters. The minimum absolute atomic E-state index is 0.579. The molecule has 31 heavy (non-hydrogen) atoms. The summed E-state index contributed by atoms with van der Waals surface area (Å²) in [7, 11) is 0. The molecular weight excluding hydrogens is 386 g/mol. The minimum atomic E-state index is 0.579. The Balaban J connectivity index is 1.61. The highest BCUT2D eigenvalue weighted by Crippen LogP contribution is 2.33. The van der Waals surface area contributed by atoms with Gasteiger partial charge in [0, 0.05) is 67.6 Å². The third kappa shape index (κ3) is 3.77. The molecule has 0 amide bonds. The fraction of sp³-hybridized carbons (Fsp3) is 0.333. The van der Waals surface area contributed by atoms with E-state index < -0.39 is 0 Å². The molecule has 158 valence electrons. The lowest BCUT2D eigenvalue weighted by Crippen LogP contribution is -2.49. The van der Waals surface area contributed by atoms with E-state index in [-0.39, 0.29) is 0 Å². The highest BCUT2D eigenvalue weighted by atomic mass is 15.4. The van der Waals surface area contributed by atoms with Crippen molar-refractivity contribution in [3.05, 3.63) is 60.7 Å². The normalized spacial score (nSPS) is 15.2. The quantitative estimate of drug-likeness (QED) is 0.508. The molecular formula is C24H27N7. The van der Waals surface area contributed by atoms with Crippen LogP contribution in [0.4, 0.5) is 5.82 Å². The van der Waals surface area contributed by atoms with Gasteiger partial charge in [0.25, 0.3) is 0 Å². The number of aromatic nitrogens is 5. The van der Waals surface area contributed by atoms with Crippen LogP contribution in [0.1, 0.15) is 19.5 Å². The van der Waals surface area contributed by atoms with Crippen LogP contribution in [-0.4, -0.2) is 61.7 Å². The third-order valence-corrected chi connectivity index (χ3v) is 5.96. The van der Waals surface area contributed by atoms with Crippen molar-refractivity contribution in [2.45, 2.75) is 26.8 Å².